The average Bonchev–Trinajstić information content (AvgIpc) is 3.32. The van der Waals surface area contributed by atoms with Crippen LogP contribution >= 0.6 is 35.8 Å². The van der Waals surface area contributed by atoms with E-state index in [0.29, 0.717) is 25.9 Å². The number of anilines is 1. The number of hydrogen-bond acceptors (Lipinski definition) is 6. The lowest BCUT2D eigenvalue weighted by molar-refractivity contribution is 0.0945. The molecule has 0 aliphatic rings. The molecule has 0 fully saturated rings. The van der Waals surface area contributed by atoms with Gasteiger partial charge in [-0.15, -0.1) is 0 Å². The largest absolute Gasteiger partial charge is 0.317 e. The fourth-order valence-corrected chi connectivity index (χ4v) is 4.79. The van der Waals surface area contributed by atoms with Crippen LogP contribution < -0.4 is 10.6 Å². The standard InChI is InChI=1S/C23H19N5O2S3/c1-14-13-15(2)28(26-14)21(30)18-19(27(23(32)33-18)17-11-7-4-8-12-17)24-22(31)25-20(29)16-9-5-3-6-10-16/h3-13H,1-2H3,(H2,24,25,29,31). The van der Waals surface area contributed by atoms with Crippen molar-refractivity contribution in [3.63, 3.8) is 0 Å². The summed E-state index contributed by atoms with van der Waals surface area (Å²) >= 11 is 12.1. The van der Waals surface area contributed by atoms with Crippen LogP contribution in [0.25, 0.3) is 5.69 Å². The third-order valence-electron chi connectivity index (χ3n) is 4.72. The molecule has 0 saturated carbocycles. The monoisotopic (exact) mass is 493 g/mol. The summed E-state index contributed by atoms with van der Waals surface area (Å²) in [5, 5.41) is 10.0. The van der Waals surface area contributed by atoms with Crippen molar-refractivity contribution in [2.75, 3.05) is 5.32 Å². The maximum atomic E-state index is 13.4. The number of carbonyl (C=O) groups excluding carboxylic acids is 2. The molecule has 4 rings (SSSR count). The Balaban J connectivity index is 1.74. The molecule has 0 radical (unpaired) electrons. The van der Waals surface area contributed by atoms with Gasteiger partial charge in [0.2, 0.25) is 0 Å². The number of thiazole rings is 1. The van der Waals surface area contributed by atoms with E-state index < -0.39 is 0 Å². The smallest absolute Gasteiger partial charge is 0.292 e. The van der Waals surface area contributed by atoms with Crippen molar-refractivity contribution in [2.45, 2.75) is 13.8 Å². The van der Waals surface area contributed by atoms with E-state index in [1.165, 1.54) is 4.68 Å². The van der Waals surface area contributed by atoms with Crippen LogP contribution in [0.4, 0.5) is 5.82 Å². The number of aryl methyl sites for hydroxylation is 2. The second kappa shape index (κ2) is 9.57. The second-order valence-corrected chi connectivity index (χ2v) is 9.19. The SMILES string of the molecule is Cc1cc(C)n(C(=O)c2sc(=S)n(-c3ccccc3)c2NC(=S)NC(=O)c2ccccc2)n1. The van der Waals surface area contributed by atoms with E-state index in [9.17, 15) is 9.59 Å². The predicted octanol–water partition coefficient (Wildman–Crippen LogP) is 4.90. The first-order chi connectivity index (χ1) is 15.8. The number of rotatable bonds is 4. The van der Waals surface area contributed by atoms with Crippen molar-refractivity contribution in [1.29, 1.82) is 0 Å². The minimum absolute atomic E-state index is 0.0451. The highest BCUT2D eigenvalue weighted by Crippen LogP contribution is 2.30. The van der Waals surface area contributed by atoms with Gasteiger partial charge in [-0.25, -0.2) is 0 Å². The Bertz CT molecular complexity index is 1410. The molecule has 0 saturated heterocycles. The summed E-state index contributed by atoms with van der Waals surface area (Å²) in [5.74, 6) is -0.335. The normalized spacial score (nSPS) is 10.6. The molecule has 1 amide bonds. The number of para-hydroxylation sites is 1. The molecule has 7 nitrogen and oxygen atoms in total. The number of amides is 1. The minimum Gasteiger partial charge on any atom is -0.317 e. The highest BCUT2D eigenvalue weighted by Gasteiger charge is 2.24. The van der Waals surface area contributed by atoms with E-state index in [0.717, 1.165) is 22.7 Å². The lowest BCUT2D eigenvalue weighted by Gasteiger charge is -2.14. The van der Waals surface area contributed by atoms with Crippen LogP contribution in [0.2, 0.25) is 0 Å². The molecule has 0 aliphatic carbocycles. The third kappa shape index (κ3) is 4.82. The van der Waals surface area contributed by atoms with Gasteiger partial charge in [-0.2, -0.15) is 9.78 Å². The number of aromatic nitrogens is 3. The highest BCUT2D eigenvalue weighted by molar-refractivity contribution is 7.80. The van der Waals surface area contributed by atoms with E-state index in [4.69, 9.17) is 24.4 Å². The van der Waals surface area contributed by atoms with Gasteiger partial charge < -0.3 is 5.32 Å². The van der Waals surface area contributed by atoms with E-state index in [-0.39, 0.29) is 16.9 Å². The molecule has 10 heteroatoms. The van der Waals surface area contributed by atoms with Gasteiger partial charge in [0.1, 0.15) is 10.7 Å². The molecule has 4 aromatic rings. The quantitative estimate of drug-likeness (QED) is 0.394. The first-order valence-corrected chi connectivity index (χ1v) is 11.5. The highest BCUT2D eigenvalue weighted by atomic mass is 32.1. The molecule has 0 atom stereocenters. The molecule has 0 unspecified atom stereocenters. The Labute approximate surface area is 204 Å². The molecule has 2 aromatic heterocycles. The Morgan fingerprint density at radius 1 is 1.00 bits per heavy atom. The zero-order valence-electron chi connectivity index (χ0n) is 17.7. The van der Waals surface area contributed by atoms with Gasteiger partial charge in [-0.1, -0.05) is 47.7 Å². The van der Waals surface area contributed by atoms with Crippen LogP contribution in [0.3, 0.4) is 0 Å². The van der Waals surface area contributed by atoms with Crippen molar-refractivity contribution in [1.82, 2.24) is 19.7 Å². The van der Waals surface area contributed by atoms with Crippen LogP contribution in [0.15, 0.2) is 66.7 Å². The zero-order valence-corrected chi connectivity index (χ0v) is 20.2. The predicted molar refractivity (Wildman–Crippen MR) is 136 cm³/mol. The first kappa shape index (κ1) is 22.7. The fourth-order valence-electron chi connectivity index (χ4n) is 3.28. The second-order valence-electron chi connectivity index (χ2n) is 7.13. The fraction of sp³-hybridized carbons (Fsp3) is 0.0870. The summed E-state index contributed by atoms with van der Waals surface area (Å²) in [6.07, 6.45) is 0. The number of nitrogens with one attached hydrogen (secondary N) is 2. The summed E-state index contributed by atoms with van der Waals surface area (Å²) in [6.45, 7) is 3.63. The van der Waals surface area contributed by atoms with Gasteiger partial charge in [0, 0.05) is 16.9 Å². The molecule has 166 valence electrons. The summed E-state index contributed by atoms with van der Waals surface area (Å²) in [5.41, 5.74) is 2.65. The van der Waals surface area contributed by atoms with Crippen molar-refractivity contribution in [3.8, 4) is 5.69 Å². The molecule has 2 N–H and O–H groups in total. The molecular weight excluding hydrogens is 474 g/mol. The molecular formula is C23H19N5O2S3. The lowest BCUT2D eigenvalue weighted by Crippen LogP contribution is -2.35. The van der Waals surface area contributed by atoms with Gasteiger partial charge in [-0.05, 0) is 68.6 Å². The molecule has 0 spiro atoms. The topological polar surface area (TPSA) is 81.0 Å². The van der Waals surface area contributed by atoms with E-state index >= 15 is 0 Å². The van der Waals surface area contributed by atoms with Crippen LogP contribution in [0.1, 0.15) is 31.4 Å². The minimum atomic E-state index is -0.361. The number of thiocarbonyl (C=S) groups is 1. The molecule has 2 heterocycles. The van der Waals surface area contributed by atoms with Crippen molar-refractivity contribution < 1.29 is 9.59 Å². The Hall–Kier alpha value is -3.47. The summed E-state index contributed by atoms with van der Waals surface area (Å²) in [4.78, 5) is 26.3. The first-order valence-electron chi connectivity index (χ1n) is 9.92. The Morgan fingerprint density at radius 3 is 2.24 bits per heavy atom. The summed E-state index contributed by atoms with van der Waals surface area (Å²) in [7, 11) is 0. The lowest BCUT2D eigenvalue weighted by atomic mass is 10.2. The maximum absolute atomic E-state index is 13.4. The number of benzene rings is 2. The van der Waals surface area contributed by atoms with Gasteiger partial charge in [-0.3, -0.25) is 19.5 Å². The van der Waals surface area contributed by atoms with Crippen LogP contribution in [0, 0.1) is 17.8 Å². The number of hydrogen-bond donors (Lipinski definition) is 2. The summed E-state index contributed by atoms with van der Waals surface area (Å²) in [6, 6.07) is 19.9. The van der Waals surface area contributed by atoms with E-state index in [2.05, 4.69) is 15.7 Å². The summed E-state index contributed by atoms with van der Waals surface area (Å²) < 4.78 is 3.51. The Kier molecular flexibility index (Phi) is 6.59. The van der Waals surface area contributed by atoms with Gasteiger partial charge in [0.05, 0.1) is 5.69 Å². The molecule has 2 aromatic carbocycles. The average molecular weight is 494 g/mol. The molecule has 0 bridgehead atoms. The van der Waals surface area contributed by atoms with Crippen LogP contribution in [-0.2, 0) is 0 Å². The Morgan fingerprint density at radius 2 is 1.64 bits per heavy atom. The van der Waals surface area contributed by atoms with Crippen LogP contribution in [0.5, 0.6) is 0 Å². The zero-order chi connectivity index (χ0) is 23.5. The maximum Gasteiger partial charge on any atom is 0.292 e. The molecule has 33 heavy (non-hydrogen) atoms. The van der Waals surface area contributed by atoms with Crippen molar-refractivity contribution in [3.05, 3.63) is 92.5 Å². The van der Waals surface area contributed by atoms with Gasteiger partial charge in [0.25, 0.3) is 11.8 Å². The molecule has 0 aliphatic heterocycles. The van der Waals surface area contributed by atoms with Crippen molar-refractivity contribution >= 4 is 58.5 Å². The van der Waals surface area contributed by atoms with Crippen molar-refractivity contribution in [2.24, 2.45) is 0 Å². The number of carbonyl (C=O) groups is 2. The van der Waals surface area contributed by atoms with E-state index in [1.807, 2.05) is 56.3 Å². The van der Waals surface area contributed by atoms with E-state index in [1.54, 1.807) is 28.8 Å². The number of nitrogens with zero attached hydrogens (tertiary/aromatic N) is 3. The van der Waals surface area contributed by atoms with Crippen LogP contribution in [-0.4, -0.2) is 31.3 Å². The van der Waals surface area contributed by atoms with Gasteiger partial charge >= 0.3 is 0 Å². The third-order valence-corrected chi connectivity index (χ3v) is 6.28. The van der Waals surface area contributed by atoms with Gasteiger partial charge in [0.15, 0.2) is 9.07 Å².